The second-order valence-corrected chi connectivity index (χ2v) is 4.45. The predicted octanol–water partition coefficient (Wildman–Crippen LogP) is 0.466. The zero-order valence-electron chi connectivity index (χ0n) is 8.72. The average Bonchev–Trinajstić information content (AvgIpc) is 2.81. The normalized spacial score (nSPS) is 42.5. The Balaban J connectivity index is 0.000000963. The summed E-state index contributed by atoms with van der Waals surface area (Å²) in [6.45, 7) is 3.23. The maximum atomic E-state index is 11.4. The molecular weight excluding hydrogens is 285 g/mol. The van der Waals surface area contributed by atoms with Crippen molar-refractivity contribution < 1.29 is 51.8 Å². The van der Waals surface area contributed by atoms with Crippen LogP contribution in [0.15, 0.2) is 6.58 Å². The van der Waals surface area contributed by atoms with Crippen molar-refractivity contribution in [2.75, 3.05) is 0 Å². The Labute approximate surface area is 119 Å². The van der Waals surface area contributed by atoms with E-state index in [1.54, 1.807) is 0 Å². The largest absolute Gasteiger partial charge is 0.483 e. The summed E-state index contributed by atoms with van der Waals surface area (Å²) in [6, 6.07) is 0. The topological polar surface area (TPSA) is 52.6 Å². The van der Waals surface area contributed by atoms with Crippen molar-refractivity contribution in [3.05, 3.63) is 12.7 Å². The number of hydrogen-bond donors (Lipinski definition) is 0. The molecule has 0 aromatic heterocycles. The van der Waals surface area contributed by atoms with Crippen LogP contribution < -0.4 is 0 Å². The second-order valence-electron chi connectivity index (χ2n) is 4.45. The Bertz CT molecular complexity index is 354. The number of carbonyl (C=O) groups is 2. The zero-order valence-corrected chi connectivity index (χ0v) is 11.6. The minimum atomic E-state index is -0.549. The summed E-state index contributed by atoms with van der Waals surface area (Å²) in [5, 5.41) is 0. The van der Waals surface area contributed by atoms with Crippen LogP contribution in [0, 0.1) is 23.8 Å². The summed E-state index contributed by atoms with van der Waals surface area (Å²) >= 11 is 0. The Kier molecular flexibility index (Phi) is 3.23. The van der Waals surface area contributed by atoms with Gasteiger partial charge in [-0.25, -0.2) is 0 Å². The van der Waals surface area contributed by atoms with Crippen LogP contribution in [0.1, 0.15) is 12.8 Å². The van der Waals surface area contributed by atoms with Crippen LogP contribution in [0.3, 0.4) is 0 Å². The molecule has 0 spiro atoms. The first-order valence-electron chi connectivity index (χ1n) is 5.15. The first-order chi connectivity index (χ1) is 7.20. The van der Waals surface area contributed by atoms with Gasteiger partial charge < -0.3 is 15.5 Å². The van der Waals surface area contributed by atoms with Crippen molar-refractivity contribution in [1.29, 1.82) is 0 Å². The number of hydrogen-bond acceptors (Lipinski definition) is 4. The molecule has 0 aromatic rings. The zero-order chi connectivity index (χ0) is 10.6. The molecular formula is C11H11O4Y-. The maximum Gasteiger partial charge on any atom is 0.309 e. The van der Waals surface area contributed by atoms with Gasteiger partial charge in [0.15, 0.2) is 0 Å². The van der Waals surface area contributed by atoms with Gasteiger partial charge in [0.1, 0.15) is 18.2 Å². The van der Waals surface area contributed by atoms with Gasteiger partial charge in [0, 0.05) is 44.5 Å². The van der Waals surface area contributed by atoms with Gasteiger partial charge in [-0.2, -0.15) is 0 Å². The SMILES string of the molecule is C=[C-]C(=O)OC1C2CC3C(=O)OC1C3C2.[Y]. The molecule has 2 bridgehead atoms. The fourth-order valence-corrected chi connectivity index (χ4v) is 3.23. The molecule has 4 nitrogen and oxygen atoms in total. The van der Waals surface area contributed by atoms with Crippen molar-refractivity contribution in [2.24, 2.45) is 17.8 Å². The van der Waals surface area contributed by atoms with E-state index in [1.807, 2.05) is 0 Å². The number of carbonyl (C=O) groups excluding carboxylic acids is 2. The van der Waals surface area contributed by atoms with Crippen LogP contribution in [0.25, 0.3) is 0 Å². The van der Waals surface area contributed by atoms with E-state index in [4.69, 9.17) is 9.47 Å². The summed E-state index contributed by atoms with van der Waals surface area (Å²) < 4.78 is 10.4. The molecule has 2 saturated carbocycles. The molecule has 83 valence electrons. The van der Waals surface area contributed by atoms with Gasteiger partial charge in [-0.05, 0) is 12.8 Å². The molecule has 3 rings (SSSR count). The monoisotopic (exact) mass is 296 g/mol. The van der Waals surface area contributed by atoms with Gasteiger partial charge in [-0.1, -0.05) is 0 Å². The molecule has 1 aliphatic heterocycles. The Morgan fingerprint density at radius 2 is 2.25 bits per heavy atom. The van der Waals surface area contributed by atoms with Crippen molar-refractivity contribution >= 4 is 11.9 Å². The minimum absolute atomic E-state index is 0. The summed E-state index contributed by atoms with van der Waals surface area (Å²) in [7, 11) is 0. The summed E-state index contributed by atoms with van der Waals surface area (Å²) in [5.41, 5.74) is 0. The van der Waals surface area contributed by atoms with Gasteiger partial charge >= 0.3 is 5.97 Å². The van der Waals surface area contributed by atoms with Gasteiger partial charge in [-0.3, -0.25) is 16.2 Å². The van der Waals surface area contributed by atoms with Gasteiger partial charge in [-0.15, -0.1) is 0 Å². The molecule has 2 aliphatic carbocycles. The van der Waals surface area contributed by atoms with Gasteiger partial charge in [0.2, 0.25) is 0 Å². The van der Waals surface area contributed by atoms with E-state index in [-0.39, 0.29) is 68.6 Å². The van der Waals surface area contributed by atoms with Crippen LogP contribution in [0.5, 0.6) is 0 Å². The predicted molar refractivity (Wildman–Crippen MR) is 48.3 cm³/mol. The molecule has 3 aliphatic rings. The molecule has 0 aromatic carbocycles. The fourth-order valence-electron chi connectivity index (χ4n) is 3.23. The summed E-state index contributed by atoms with van der Waals surface area (Å²) in [5.74, 6) is -0.0535. The third-order valence-electron chi connectivity index (χ3n) is 3.80. The molecule has 1 saturated heterocycles. The molecule has 5 atom stereocenters. The first kappa shape index (κ1) is 12.2. The number of rotatable bonds is 2. The molecule has 1 heterocycles. The smallest absolute Gasteiger partial charge is 0.309 e. The molecule has 0 N–H and O–H groups in total. The quantitative estimate of drug-likeness (QED) is 0.422. The molecule has 0 amide bonds. The molecule has 16 heavy (non-hydrogen) atoms. The van der Waals surface area contributed by atoms with E-state index in [1.165, 1.54) is 0 Å². The third-order valence-corrected chi connectivity index (χ3v) is 3.80. The van der Waals surface area contributed by atoms with E-state index < -0.39 is 5.97 Å². The van der Waals surface area contributed by atoms with E-state index >= 15 is 0 Å². The van der Waals surface area contributed by atoms with Crippen molar-refractivity contribution in [3.63, 3.8) is 0 Å². The van der Waals surface area contributed by atoms with Crippen LogP contribution in [-0.2, 0) is 51.8 Å². The van der Waals surface area contributed by atoms with Crippen LogP contribution >= 0.6 is 0 Å². The summed E-state index contributed by atoms with van der Waals surface area (Å²) in [6.07, 6.45) is 3.44. The van der Waals surface area contributed by atoms with Crippen LogP contribution in [-0.4, -0.2) is 24.1 Å². The molecule has 5 unspecified atom stereocenters. The average molecular weight is 296 g/mol. The number of fused-ring (bicyclic) bond motifs is 1. The van der Waals surface area contributed by atoms with E-state index in [9.17, 15) is 9.59 Å². The van der Waals surface area contributed by atoms with E-state index in [0.29, 0.717) is 0 Å². The van der Waals surface area contributed by atoms with E-state index in [2.05, 4.69) is 12.7 Å². The maximum absolute atomic E-state index is 11.4. The minimum Gasteiger partial charge on any atom is -0.483 e. The standard InChI is InChI=1S/C11H11O4.Y/c1-2-8(12)14-9-5-3-6-7(4-5)11(13)15-10(6)9;/h5-7,9-10H,1,3-4H2;/q-1;. The van der Waals surface area contributed by atoms with Crippen LogP contribution in [0.2, 0.25) is 0 Å². The Morgan fingerprint density at radius 3 is 2.94 bits per heavy atom. The number of esters is 2. The molecule has 3 fully saturated rings. The van der Waals surface area contributed by atoms with Crippen LogP contribution in [0.4, 0.5) is 0 Å². The molecule has 5 heteroatoms. The van der Waals surface area contributed by atoms with Gasteiger partial charge in [0.25, 0.3) is 0 Å². The van der Waals surface area contributed by atoms with Crippen molar-refractivity contribution in [1.82, 2.24) is 0 Å². The Hall–Kier alpha value is -0.216. The molecule has 1 radical (unpaired) electrons. The van der Waals surface area contributed by atoms with Crippen molar-refractivity contribution in [2.45, 2.75) is 25.0 Å². The number of ether oxygens (including phenoxy) is 2. The Morgan fingerprint density at radius 1 is 1.50 bits per heavy atom. The summed E-state index contributed by atoms with van der Waals surface area (Å²) in [4.78, 5) is 22.5. The van der Waals surface area contributed by atoms with Gasteiger partial charge in [0.05, 0.1) is 5.92 Å². The fraction of sp³-hybridized carbons (Fsp3) is 0.636. The second kappa shape index (κ2) is 4.23. The third kappa shape index (κ3) is 1.58. The first-order valence-corrected chi connectivity index (χ1v) is 5.15. The van der Waals surface area contributed by atoms with Crippen molar-refractivity contribution in [3.8, 4) is 0 Å². The van der Waals surface area contributed by atoms with E-state index in [0.717, 1.165) is 12.8 Å².